The highest BCUT2D eigenvalue weighted by Crippen LogP contribution is 2.33. The SMILES string of the molecule is COc1ccc(C)cc1CSc1ccccc1O. The summed E-state index contributed by atoms with van der Waals surface area (Å²) >= 11 is 1.61. The number of hydrogen-bond donors (Lipinski definition) is 1. The Balaban J connectivity index is 2.15. The molecule has 0 spiro atoms. The van der Waals surface area contributed by atoms with E-state index in [0.717, 1.165) is 22.0 Å². The normalized spacial score (nSPS) is 10.3. The Morgan fingerprint density at radius 2 is 1.94 bits per heavy atom. The van der Waals surface area contributed by atoms with Gasteiger partial charge < -0.3 is 9.84 Å². The largest absolute Gasteiger partial charge is 0.507 e. The number of para-hydroxylation sites is 1. The van der Waals surface area contributed by atoms with E-state index in [-0.39, 0.29) is 0 Å². The van der Waals surface area contributed by atoms with Gasteiger partial charge in [-0.1, -0.05) is 29.8 Å². The third kappa shape index (κ3) is 2.99. The van der Waals surface area contributed by atoms with Gasteiger partial charge in [0.05, 0.1) is 7.11 Å². The highest BCUT2D eigenvalue weighted by Gasteiger charge is 2.06. The predicted molar refractivity (Wildman–Crippen MR) is 75.4 cm³/mol. The molecule has 0 aliphatic heterocycles. The second-order valence-corrected chi connectivity index (χ2v) is 5.09. The summed E-state index contributed by atoms with van der Waals surface area (Å²) < 4.78 is 5.34. The zero-order chi connectivity index (χ0) is 13.0. The lowest BCUT2D eigenvalue weighted by molar-refractivity contribution is 0.411. The van der Waals surface area contributed by atoms with Crippen LogP contribution in [0.25, 0.3) is 0 Å². The molecule has 0 aliphatic carbocycles. The van der Waals surface area contributed by atoms with Crippen molar-refractivity contribution in [3.63, 3.8) is 0 Å². The number of aromatic hydroxyl groups is 1. The van der Waals surface area contributed by atoms with Gasteiger partial charge in [0.2, 0.25) is 0 Å². The van der Waals surface area contributed by atoms with Crippen LogP contribution in [0.2, 0.25) is 0 Å². The van der Waals surface area contributed by atoms with E-state index in [9.17, 15) is 5.11 Å². The molecule has 2 rings (SSSR count). The Bertz CT molecular complexity index is 538. The second kappa shape index (κ2) is 5.83. The van der Waals surface area contributed by atoms with Crippen LogP contribution in [-0.4, -0.2) is 12.2 Å². The summed E-state index contributed by atoms with van der Waals surface area (Å²) in [4.78, 5) is 0.890. The van der Waals surface area contributed by atoms with Crippen LogP contribution < -0.4 is 4.74 Å². The third-order valence-electron chi connectivity index (χ3n) is 2.68. The fourth-order valence-corrected chi connectivity index (χ4v) is 2.68. The molecule has 2 aromatic carbocycles. The summed E-state index contributed by atoms with van der Waals surface area (Å²) in [6, 6.07) is 13.5. The number of phenolic OH excluding ortho intramolecular Hbond substituents is 1. The molecule has 0 aromatic heterocycles. The van der Waals surface area contributed by atoms with Crippen molar-refractivity contribution in [2.24, 2.45) is 0 Å². The Morgan fingerprint density at radius 1 is 1.17 bits per heavy atom. The first kappa shape index (κ1) is 12.8. The number of hydrogen-bond acceptors (Lipinski definition) is 3. The molecule has 0 saturated heterocycles. The predicted octanol–water partition coefficient (Wildman–Crippen LogP) is 4.00. The molecule has 0 unspecified atom stereocenters. The smallest absolute Gasteiger partial charge is 0.129 e. The topological polar surface area (TPSA) is 29.5 Å². The Labute approximate surface area is 112 Å². The highest BCUT2D eigenvalue weighted by atomic mass is 32.2. The van der Waals surface area contributed by atoms with Crippen molar-refractivity contribution >= 4 is 11.8 Å². The van der Waals surface area contributed by atoms with Gasteiger partial charge in [0.1, 0.15) is 11.5 Å². The van der Waals surface area contributed by atoms with Crippen LogP contribution in [-0.2, 0) is 5.75 Å². The van der Waals surface area contributed by atoms with Crippen LogP contribution in [0.15, 0.2) is 47.4 Å². The average Bonchev–Trinajstić information content (AvgIpc) is 2.38. The van der Waals surface area contributed by atoms with Crippen molar-refractivity contribution in [3.8, 4) is 11.5 Å². The molecule has 94 valence electrons. The summed E-state index contributed by atoms with van der Waals surface area (Å²) in [6.07, 6.45) is 0. The van der Waals surface area contributed by atoms with Gasteiger partial charge in [-0.3, -0.25) is 0 Å². The van der Waals surface area contributed by atoms with Gasteiger partial charge in [-0.25, -0.2) is 0 Å². The van der Waals surface area contributed by atoms with E-state index >= 15 is 0 Å². The minimum Gasteiger partial charge on any atom is -0.507 e. The minimum atomic E-state index is 0.328. The highest BCUT2D eigenvalue weighted by molar-refractivity contribution is 7.98. The van der Waals surface area contributed by atoms with E-state index < -0.39 is 0 Å². The molecule has 18 heavy (non-hydrogen) atoms. The Hall–Kier alpha value is -1.61. The van der Waals surface area contributed by atoms with Gasteiger partial charge >= 0.3 is 0 Å². The Kier molecular flexibility index (Phi) is 4.15. The van der Waals surface area contributed by atoms with Crippen LogP contribution in [0.1, 0.15) is 11.1 Å². The molecule has 1 N–H and O–H groups in total. The summed E-state index contributed by atoms with van der Waals surface area (Å²) in [7, 11) is 1.68. The van der Waals surface area contributed by atoms with Crippen molar-refractivity contribution in [1.82, 2.24) is 0 Å². The number of aryl methyl sites for hydroxylation is 1. The molecular weight excluding hydrogens is 244 g/mol. The molecule has 0 amide bonds. The van der Waals surface area contributed by atoms with Gasteiger partial charge in [0.25, 0.3) is 0 Å². The molecule has 0 fully saturated rings. The molecule has 2 nitrogen and oxygen atoms in total. The second-order valence-electron chi connectivity index (χ2n) is 4.07. The van der Waals surface area contributed by atoms with Crippen molar-refractivity contribution < 1.29 is 9.84 Å². The molecule has 3 heteroatoms. The van der Waals surface area contributed by atoms with E-state index in [1.807, 2.05) is 30.3 Å². The van der Waals surface area contributed by atoms with Crippen LogP contribution in [0.3, 0.4) is 0 Å². The number of phenols is 1. The zero-order valence-corrected chi connectivity index (χ0v) is 11.3. The monoisotopic (exact) mass is 260 g/mol. The fraction of sp³-hybridized carbons (Fsp3) is 0.200. The lowest BCUT2D eigenvalue weighted by Crippen LogP contribution is -1.91. The van der Waals surface area contributed by atoms with E-state index in [2.05, 4.69) is 13.0 Å². The Morgan fingerprint density at radius 3 is 2.67 bits per heavy atom. The van der Waals surface area contributed by atoms with E-state index in [1.165, 1.54) is 5.56 Å². The standard InChI is InChI=1S/C15H16O2S/c1-11-7-8-14(17-2)12(9-11)10-18-15-6-4-3-5-13(15)16/h3-9,16H,10H2,1-2H3. The first-order valence-electron chi connectivity index (χ1n) is 5.75. The number of rotatable bonds is 4. The fourth-order valence-electron chi connectivity index (χ4n) is 1.75. The van der Waals surface area contributed by atoms with Crippen LogP contribution >= 0.6 is 11.8 Å². The quantitative estimate of drug-likeness (QED) is 0.842. The maximum absolute atomic E-state index is 9.72. The first-order chi connectivity index (χ1) is 8.70. The van der Waals surface area contributed by atoms with Gasteiger partial charge in [-0.05, 0) is 25.1 Å². The first-order valence-corrected chi connectivity index (χ1v) is 6.73. The van der Waals surface area contributed by atoms with Crippen molar-refractivity contribution in [3.05, 3.63) is 53.6 Å². The lowest BCUT2D eigenvalue weighted by Gasteiger charge is -2.09. The van der Waals surface area contributed by atoms with E-state index in [4.69, 9.17) is 4.74 Å². The summed E-state index contributed by atoms with van der Waals surface area (Å²) in [5, 5.41) is 9.72. The maximum atomic E-state index is 9.72. The van der Waals surface area contributed by atoms with Gasteiger partial charge in [-0.15, -0.1) is 11.8 Å². The van der Waals surface area contributed by atoms with Gasteiger partial charge in [0.15, 0.2) is 0 Å². The maximum Gasteiger partial charge on any atom is 0.129 e. The van der Waals surface area contributed by atoms with Crippen molar-refractivity contribution in [2.45, 2.75) is 17.6 Å². The van der Waals surface area contributed by atoms with Crippen molar-refractivity contribution in [2.75, 3.05) is 7.11 Å². The zero-order valence-electron chi connectivity index (χ0n) is 10.5. The van der Waals surface area contributed by atoms with Crippen LogP contribution in [0.5, 0.6) is 11.5 Å². The van der Waals surface area contributed by atoms with Gasteiger partial charge in [0, 0.05) is 16.2 Å². The minimum absolute atomic E-state index is 0.328. The number of thioether (sulfide) groups is 1. The lowest BCUT2D eigenvalue weighted by atomic mass is 10.1. The number of benzene rings is 2. The molecule has 0 heterocycles. The number of methoxy groups -OCH3 is 1. The molecule has 0 aliphatic rings. The van der Waals surface area contributed by atoms with Crippen molar-refractivity contribution in [1.29, 1.82) is 0 Å². The molecule has 2 aromatic rings. The number of ether oxygens (including phenoxy) is 1. The molecule has 0 radical (unpaired) electrons. The third-order valence-corrected chi connectivity index (χ3v) is 3.80. The molecule has 0 atom stereocenters. The summed E-state index contributed by atoms with van der Waals surface area (Å²) in [6.45, 7) is 2.06. The molecular formula is C15H16O2S. The van der Waals surface area contributed by atoms with E-state index in [0.29, 0.717) is 5.75 Å². The van der Waals surface area contributed by atoms with Gasteiger partial charge in [-0.2, -0.15) is 0 Å². The summed E-state index contributed by atoms with van der Waals surface area (Å²) in [5.74, 6) is 2.00. The van der Waals surface area contributed by atoms with Crippen LogP contribution in [0.4, 0.5) is 0 Å². The summed E-state index contributed by atoms with van der Waals surface area (Å²) in [5.41, 5.74) is 2.36. The van der Waals surface area contributed by atoms with Crippen LogP contribution in [0, 0.1) is 6.92 Å². The molecule has 0 saturated carbocycles. The van der Waals surface area contributed by atoms with E-state index in [1.54, 1.807) is 24.9 Å². The molecule has 0 bridgehead atoms. The average molecular weight is 260 g/mol.